The first kappa shape index (κ1) is 10.6. The summed E-state index contributed by atoms with van der Waals surface area (Å²) in [6.45, 7) is 2.94. The molecule has 0 saturated heterocycles. The summed E-state index contributed by atoms with van der Waals surface area (Å²) in [7, 11) is 2.06. The number of anilines is 2. The van der Waals surface area contributed by atoms with E-state index in [1.54, 1.807) is 0 Å². The van der Waals surface area contributed by atoms with E-state index < -0.39 is 0 Å². The monoisotopic (exact) mass is 215 g/mol. The van der Waals surface area contributed by atoms with Crippen LogP contribution in [0.1, 0.15) is 11.1 Å². The van der Waals surface area contributed by atoms with Gasteiger partial charge in [0.25, 0.3) is 0 Å². The Bertz CT molecular complexity index is 440. The number of H-pyrrole nitrogens is 1. The molecule has 1 aromatic heterocycles. The van der Waals surface area contributed by atoms with Gasteiger partial charge in [-0.1, -0.05) is 12.1 Å². The van der Waals surface area contributed by atoms with E-state index in [1.807, 2.05) is 24.5 Å². The fraction of sp³-hybridized carbons (Fsp3) is 0.231. The van der Waals surface area contributed by atoms with Gasteiger partial charge >= 0.3 is 0 Å². The second-order valence-corrected chi connectivity index (χ2v) is 4.09. The highest BCUT2D eigenvalue weighted by Crippen LogP contribution is 2.27. The van der Waals surface area contributed by atoms with Gasteiger partial charge in [0.2, 0.25) is 0 Å². The highest BCUT2D eigenvalue weighted by Gasteiger charge is 2.08. The molecule has 2 aromatic rings. The minimum Gasteiger partial charge on any atom is -0.397 e. The maximum Gasteiger partial charge on any atom is 0.0630 e. The molecule has 3 heteroatoms. The molecule has 0 aliphatic heterocycles. The Morgan fingerprint density at radius 1 is 1.31 bits per heavy atom. The first-order valence-corrected chi connectivity index (χ1v) is 5.36. The minimum atomic E-state index is 0.832. The third-order valence-corrected chi connectivity index (χ3v) is 2.73. The van der Waals surface area contributed by atoms with Gasteiger partial charge in [-0.05, 0) is 30.2 Å². The highest BCUT2D eigenvalue weighted by atomic mass is 15.1. The second-order valence-electron chi connectivity index (χ2n) is 4.09. The van der Waals surface area contributed by atoms with Gasteiger partial charge in [-0.3, -0.25) is 0 Å². The van der Waals surface area contributed by atoms with Gasteiger partial charge in [0.15, 0.2) is 0 Å². The molecule has 0 saturated carbocycles. The zero-order valence-electron chi connectivity index (χ0n) is 9.70. The molecular formula is C13H17N3. The molecule has 84 valence electrons. The lowest BCUT2D eigenvalue weighted by atomic mass is 10.1. The zero-order chi connectivity index (χ0) is 11.5. The van der Waals surface area contributed by atoms with E-state index in [0.717, 1.165) is 17.9 Å². The molecule has 0 spiro atoms. The van der Waals surface area contributed by atoms with Crippen molar-refractivity contribution in [3.8, 4) is 0 Å². The van der Waals surface area contributed by atoms with E-state index in [-0.39, 0.29) is 0 Å². The van der Waals surface area contributed by atoms with Crippen molar-refractivity contribution in [1.82, 2.24) is 4.98 Å². The number of hydrogen-bond donors (Lipinski definition) is 2. The molecule has 0 atom stereocenters. The van der Waals surface area contributed by atoms with Crippen molar-refractivity contribution in [1.29, 1.82) is 0 Å². The van der Waals surface area contributed by atoms with Crippen LogP contribution in [0.4, 0.5) is 11.4 Å². The Labute approximate surface area is 95.9 Å². The van der Waals surface area contributed by atoms with E-state index in [2.05, 4.69) is 36.0 Å². The average molecular weight is 215 g/mol. The molecule has 0 radical (unpaired) electrons. The van der Waals surface area contributed by atoms with E-state index in [9.17, 15) is 0 Å². The van der Waals surface area contributed by atoms with Crippen molar-refractivity contribution in [2.75, 3.05) is 17.7 Å². The predicted octanol–water partition coefficient (Wildman–Crippen LogP) is 2.54. The van der Waals surface area contributed by atoms with Crippen LogP contribution < -0.4 is 10.6 Å². The van der Waals surface area contributed by atoms with Crippen LogP contribution in [0.25, 0.3) is 0 Å². The number of nitrogen functional groups attached to an aromatic ring is 1. The molecule has 1 heterocycles. The number of aryl methyl sites for hydroxylation is 1. The summed E-state index contributed by atoms with van der Waals surface area (Å²) in [4.78, 5) is 5.23. The predicted molar refractivity (Wildman–Crippen MR) is 68.5 cm³/mol. The van der Waals surface area contributed by atoms with Gasteiger partial charge in [0, 0.05) is 26.0 Å². The summed E-state index contributed by atoms with van der Waals surface area (Å²) in [6, 6.07) is 8.08. The van der Waals surface area contributed by atoms with Crippen molar-refractivity contribution in [2.24, 2.45) is 0 Å². The largest absolute Gasteiger partial charge is 0.397 e. The lowest BCUT2D eigenvalue weighted by Gasteiger charge is -2.22. The fourth-order valence-corrected chi connectivity index (χ4v) is 2.01. The number of nitrogens with one attached hydrogen (secondary N) is 1. The SMILES string of the molecule is Cc1cccc(N)c1N(C)Cc1cc[nH]c1. The summed E-state index contributed by atoms with van der Waals surface area (Å²) in [5, 5.41) is 0. The maximum atomic E-state index is 6.00. The topological polar surface area (TPSA) is 45.0 Å². The van der Waals surface area contributed by atoms with Crippen molar-refractivity contribution in [2.45, 2.75) is 13.5 Å². The quantitative estimate of drug-likeness (QED) is 0.773. The summed E-state index contributed by atoms with van der Waals surface area (Å²) >= 11 is 0. The molecule has 16 heavy (non-hydrogen) atoms. The summed E-state index contributed by atoms with van der Waals surface area (Å²) in [5.74, 6) is 0. The first-order chi connectivity index (χ1) is 7.68. The third-order valence-electron chi connectivity index (χ3n) is 2.73. The van der Waals surface area contributed by atoms with Gasteiger partial charge in [0.1, 0.15) is 0 Å². The molecule has 0 aliphatic rings. The minimum absolute atomic E-state index is 0.832. The fourth-order valence-electron chi connectivity index (χ4n) is 2.01. The molecule has 3 N–H and O–H groups in total. The van der Waals surface area contributed by atoms with Crippen LogP contribution >= 0.6 is 0 Å². The highest BCUT2D eigenvalue weighted by molar-refractivity contribution is 5.71. The van der Waals surface area contributed by atoms with Crippen LogP contribution in [0.2, 0.25) is 0 Å². The van der Waals surface area contributed by atoms with Crippen molar-refractivity contribution >= 4 is 11.4 Å². The number of rotatable bonds is 3. The molecule has 0 amide bonds. The Morgan fingerprint density at radius 3 is 2.75 bits per heavy atom. The van der Waals surface area contributed by atoms with Crippen LogP contribution in [0.3, 0.4) is 0 Å². The number of aromatic amines is 1. The Kier molecular flexibility index (Phi) is 2.86. The van der Waals surface area contributed by atoms with E-state index in [1.165, 1.54) is 11.1 Å². The van der Waals surface area contributed by atoms with Crippen LogP contribution in [0, 0.1) is 6.92 Å². The van der Waals surface area contributed by atoms with E-state index >= 15 is 0 Å². The molecule has 0 fully saturated rings. The Balaban J connectivity index is 2.24. The van der Waals surface area contributed by atoms with E-state index in [0.29, 0.717) is 0 Å². The standard InChI is InChI=1S/C13H17N3/c1-10-4-3-5-12(14)13(10)16(2)9-11-6-7-15-8-11/h3-8,15H,9,14H2,1-2H3. The molecular weight excluding hydrogens is 198 g/mol. The van der Waals surface area contributed by atoms with Gasteiger partial charge < -0.3 is 15.6 Å². The molecule has 3 nitrogen and oxygen atoms in total. The average Bonchev–Trinajstić information content (AvgIpc) is 2.70. The summed E-state index contributed by atoms with van der Waals surface area (Å²) in [6.07, 6.45) is 3.94. The van der Waals surface area contributed by atoms with Gasteiger partial charge in [-0.2, -0.15) is 0 Å². The second kappa shape index (κ2) is 4.31. The number of nitrogens with zero attached hydrogens (tertiary/aromatic N) is 1. The van der Waals surface area contributed by atoms with Crippen molar-refractivity contribution in [3.05, 3.63) is 47.8 Å². The number of para-hydroxylation sites is 1. The maximum absolute atomic E-state index is 6.00. The smallest absolute Gasteiger partial charge is 0.0630 e. The summed E-state index contributed by atoms with van der Waals surface area (Å²) in [5.41, 5.74) is 10.4. The first-order valence-electron chi connectivity index (χ1n) is 5.36. The normalized spacial score (nSPS) is 10.4. The lowest BCUT2D eigenvalue weighted by Crippen LogP contribution is -2.18. The Morgan fingerprint density at radius 2 is 2.12 bits per heavy atom. The van der Waals surface area contributed by atoms with Crippen LogP contribution in [0.5, 0.6) is 0 Å². The molecule has 1 aromatic carbocycles. The number of aromatic nitrogens is 1. The van der Waals surface area contributed by atoms with Crippen LogP contribution in [0.15, 0.2) is 36.7 Å². The molecule has 0 bridgehead atoms. The summed E-state index contributed by atoms with van der Waals surface area (Å²) < 4.78 is 0. The number of nitrogens with two attached hydrogens (primary N) is 1. The van der Waals surface area contributed by atoms with Gasteiger partial charge in [-0.15, -0.1) is 0 Å². The van der Waals surface area contributed by atoms with E-state index in [4.69, 9.17) is 5.73 Å². The molecule has 0 aliphatic carbocycles. The molecule has 0 unspecified atom stereocenters. The Hall–Kier alpha value is -1.90. The third kappa shape index (κ3) is 2.03. The lowest BCUT2D eigenvalue weighted by molar-refractivity contribution is 0.920. The van der Waals surface area contributed by atoms with Crippen molar-refractivity contribution < 1.29 is 0 Å². The molecule has 2 rings (SSSR count). The number of hydrogen-bond acceptors (Lipinski definition) is 2. The van der Waals surface area contributed by atoms with Crippen LogP contribution in [-0.2, 0) is 6.54 Å². The van der Waals surface area contributed by atoms with Crippen LogP contribution in [-0.4, -0.2) is 12.0 Å². The van der Waals surface area contributed by atoms with Gasteiger partial charge in [0.05, 0.1) is 11.4 Å². The van der Waals surface area contributed by atoms with Crippen molar-refractivity contribution in [3.63, 3.8) is 0 Å². The van der Waals surface area contributed by atoms with Gasteiger partial charge in [-0.25, -0.2) is 0 Å². The zero-order valence-corrected chi connectivity index (χ0v) is 9.70. The number of benzene rings is 1.